The maximum atomic E-state index is 13.8. The van der Waals surface area contributed by atoms with Gasteiger partial charge in [-0.3, -0.25) is 0 Å². The Morgan fingerprint density at radius 2 is 2.00 bits per heavy atom. The molecule has 0 aromatic heterocycles. The fourth-order valence-electron chi connectivity index (χ4n) is 2.33. The summed E-state index contributed by atoms with van der Waals surface area (Å²) in [6, 6.07) is 9.14. The molecule has 2 N–H and O–H groups in total. The van der Waals surface area contributed by atoms with Crippen molar-refractivity contribution in [3.05, 3.63) is 53.6 Å². The van der Waals surface area contributed by atoms with Gasteiger partial charge in [-0.05, 0) is 30.2 Å². The molecule has 3 rings (SSSR count). The van der Waals surface area contributed by atoms with E-state index in [1.54, 1.807) is 12.1 Å². The van der Waals surface area contributed by atoms with Gasteiger partial charge < -0.3 is 10.4 Å². The number of phenols is 1. The Morgan fingerprint density at radius 1 is 1.15 bits per heavy atom. The molecule has 5 heteroatoms. The highest BCUT2D eigenvalue weighted by molar-refractivity contribution is 7.99. The van der Waals surface area contributed by atoms with Gasteiger partial charge in [0.2, 0.25) is 0 Å². The second-order valence-corrected chi connectivity index (χ2v) is 5.76. The summed E-state index contributed by atoms with van der Waals surface area (Å²) in [5, 5.41) is 12.4. The van der Waals surface area contributed by atoms with Gasteiger partial charge in [-0.15, -0.1) is 11.8 Å². The van der Waals surface area contributed by atoms with Crippen molar-refractivity contribution >= 4 is 17.4 Å². The van der Waals surface area contributed by atoms with Crippen molar-refractivity contribution in [2.24, 2.45) is 0 Å². The van der Waals surface area contributed by atoms with Crippen LogP contribution >= 0.6 is 11.8 Å². The molecule has 1 aliphatic heterocycles. The summed E-state index contributed by atoms with van der Waals surface area (Å²) in [6.45, 7) is 0. The SMILES string of the molecule is Oc1ccc(NC2CCSc3c(F)cccc32)cc1F. The van der Waals surface area contributed by atoms with E-state index in [1.807, 2.05) is 6.07 Å². The number of phenolic OH excluding ortho intramolecular Hbond substituents is 1. The van der Waals surface area contributed by atoms with E-state index in [-0.39, 0.29) is 17.6 Å². The van der Waals surface area contributed by atoms with Crippen molar-refractivity contribution in [1.29, 1.82) is 0 Å². The van der Waals surface area contributed by atoms with E-state index in [9.17, 15) is 13.9 Å². The lowest BCUT2D eigenvalue weighted by molar-refractivity contribution is 0.432. The van der Waals surface area contributed by atoms with E-state index >= 15 is 0 Å². The molecule has 0 saturated carbocycles. The quantitative estimate of drug-likeness (QED) is 0.809. The van der Waals surface area contributed by atoms with Gasteiger partial charge in [0.25, 0.3) is 0 Å². The summed E-state index contributed by atoms with van der Waals surface area (Å²) in [5.74, 6) is -0.441. The predicted octanol–water partition coefficient (Wildman–Crippen LogP) is 4.32. The average molecular weight is 293 g/mol. The molecule has 0 amide bonds. The summed E-state index contributed by atoms with van der Waals surface area (Å²) in [4.78, 5) is 0.663. The van der Waals surface area contributed by atoms with Crippen molar-refractivity contribution in [3.8, 4) is 5.75 Å². The minimum Gasteiger partial charge on any atom is -0.505 e. The lowest BCUT2D eigenvalue weighted by atomic mass is 10.0. The van der Waals surface area contributed by atoms with Crippen LogP contribution in [0, 0.1) is 11.6 Å². The lowest BCUT2D eigenvalue weighted by Gasteiger charge is -2.27. The average Bonchev–Trinajstić information content (AvgIpc) is 2.44. The van der Waals surface area contributed by atoms with Gasteiger partial charge in [0.1, 0.15) is 5.82 Å². The zero-order valence-electron chi connectivity index (χ0n) is 10.6. The Balaban J connectivity index is 1.89. The number of rotatable bonds is 2. The third-order valence-electron chi connectivity index (χ3n) is 3.31. The second-order valence-electron chi connectivity index (χ2n) is 4.66. The van der Waals surface area contributed by atoms with Crippen LogP contribution in [0.4, 0.5) is 14.5 Å². The third kappa shape index (κ3) is 2.45. The van der Waals surface area contributed by atoms with Gasteiger partial charge in [0, 0.05) is 22.4 Å². The first-order chi connectivity index (χ1) is 9.65. The van der Waals surface area contributed by atoms with Gasteiger partial charge in [-0.2, -0.15) is 0 Å². The Morgan fingerprint density at radius 3 is 2.80 bits per heavy atom. The molecule has 0 radical (unpaired) electrons. The number of nitrogens with one attached hydrogen (secondary N) is 1. The van der Waals surface area contributed by atoms with E-state index in [0.717, 1.165) is 17.7 Å². The Labute approximate surface area is 119 Å². The Bertz CT molecular complexity index is 648. The molecule has 104 valence electrons. The fraction of sp³-hybridized carbons (Fsp3) is 0.200. The highest BCUT2D eigenvalue weighted by atomic mass is 32.2. The molecule has 2 aromatic carbocycles. The fourth-order valence-corrected chi connectivity index (χ4v) is 3.47. The number of hydrogen-bond donors (Lipinski definition) is 2. The number of fused-ring (bicyclic) bond motifs is 1. The second kappa shape index (κ2) is 5.32. The van der Waals surface area contributed by atoms with Crippen LogP contribution in [0.2, 0.25) is 0 Å². The molecule has 1 unspecified atom stereocenters. The van der Waals surface area contributed by atoms with Crippen LogP contribution in [0.15, 0.2) is 41.3 Å². The zero-order chi connectivity index (χ0) is 14.1. The maximum absolute atomic E-state index is 13.8. The minimum atomic E-state index is -0.667. The number of hydrogen-bond acceptors (Lipinski definition) is 3. The minimum absolute atomic E-state index is 0.0501. The van der Waals surface area contributed by atoms with E-state index in [1.165, 1.54) is 30.0 Å². The molecule has 1 heterocycles. The van der Waals surface area contributed by atoms with Crippen molar-refractivity contribution in [3.63, 3.8) is 0 Å². The van der Waals surface area contributed by atoms with Crippen LogP contribution < -0.4 is 5.32 Å². The van der Waals surface area contributed by atoms with E-state index in [2.05, 4.69) is 5.32 Å². The molecule has 1 atom stereocenters. The number of halogens is 2. The number of anilines is 1. The first-order valence-electron chi connectivity index (χ1n) is 6.31. The number of aromatic hydroxyl groups is 1. The standard InChI is InChI=1S/C15H13F2NOS/c16-11-3-1-2-10-13(6-7-20-15(10)11)18-9-4-5-14(19)12(17)8-9/h1-5,8,13,18-19H,6-7H2. The Kier molecular flexibility index (Phi) is 3.53. The Hall–Kier alpha value is -1.75. The van der Waals surface area contributed by atoms with Gasteiger partial charge in [-0.25, -0.2) is 8.78 Å². The molecule has 20 heavy (non-hydrogen) atoms. The summed E-state index contributed by atoms with van der Waals surface area (Å²) < 4.78 is 27.1. The van der Waals surface area contributed by atoms with Crippen molar-refractivity contribution in [2.75, 3.05) is 11.1 Å². The van der Waals surface area contributed by atoms with Gasteiger partial charge >= 0.3 is 0 Å². The van der Waals surface area contributed by atoms with E-state index in [4.69, 9.17) is 0 Å². The lowest BCUT2D eigenvalue weighted by Crippen LogP contribution is -2.16. The molecule has 0 aliphatic carbocycles. The van der Waals surface area contributed by atoms with Crippen LogP contribution in [-0.4, -0.2) is 10.9 Å². The summed E-state index contributed by atoms with van der Waals surface area (Å²) in [6.07, 6.45) is 0.837. The predicted molar refractivity (Wildman–Crippen MR) is 76.2 cm³/mol. The first-order valence-corrected chi connectivity index (χ1v) is 7.30. The summed E-state index contributed by atoms with van der Waals surface area (Å²) in [5.41, 5.74) is 1.47. The molecule has 0 spiro atoms. The van der Waals surface area contributed by atoms with Gasteiger partial charge in [0.15, 0.2) is 11.6 Å². The topological polar surface area (TPSA) is 32.3 Å². The van der Waals surface area contributed by atoms with E-state index < -0.39 is 5.82 Å². The van der Waals surface area contributed by atoms with Crippen LogP contribution in [-0.2, 0) is 0 Å². The first kappa shape index (κ1) is 13.2. The maximum Gasteiger partial charge on any atom is 0.166 e. The normalized spacial score (nSPS) is 17.6. The molecular weight excluding hydrogens is 280 g/mol. The van der Waals surface area contributed by atoms with Crippen LogP contribution in [0.1, 0.15) is 18.0 Å². The molecule has 0 saturated heterocycles. The van der Waals surface area contributed by atoms with Gasteiger partial charge in [0.05, 0.1) is 6.04 Å². The number of thioether (sulfide) groups is 1. The van der Waals surface area contributed by atoms with Crippen molar-refractivity contribution < 1.29 is 13.9 Å². The van der Waals surface area contributed by atoms with Crippen LogP contribution in [0.5, 0.6) is 5.75 Å². The molecular formula is C15H13F2NOS. The van der Waals surface area contributed by atoms with E-state index in [0.29, 0.717) is 10.6 Å². The largest absolute Gasteiger partial charge is 0.505 e. The molecule has 2 nitrogen and oxygen atoms in total. The van der Waals surface area contributed by atoms with Crippen molar-refractivity contribution in [2.45, 2.75) is 17.4 Å². The monoisotopic (exact) mass is 293 g/mol. The van der Waals surface area contributed by atoms with Crippen LogP contribution in [0.3, 0.4) is 0 Å². The summed E-state index contributed by atoms with van der Waals surface area (Å²) >= 11 is 1.51. The molecule has 0 bridgehead atoms. The highest BCUT2D eigenvalue weighted by Crippen LogP contribution is 2.39. The summed E-state index contributed by atoms with van der Waals surface area (Å²) in [7, 11) is 0. The molecule has 0 fully saturated rings. The van der Waals surface area contributed by atoms with Crippen LogP contribution in [0.25, 0.3) is 0 Å². The van der Waals surface area contributed by atoms with Gasteiger partial charge in [-0.1, -0.05) is 12.1 Å². The number of benzene rings is 2. The smallest absolute Gasteiger partial charge is 0.166 e. The highest BCUT2D eigenvalue weighted by Gasteiger charge is 2.23. The third-order valence-corrected chi connectivity index (χ3v) is 4.47. The van der Waals surface area contributed by atoms with Crippen molar-refractivity contribution in [1.82, 2.24) is 0 Å². The molecule has 1 aliphatic rings. The zero-order valence-corrected chi connectivity index (χ0v) is 11.4. The molecule has 2 aromatic rings.